The van der Waals surface area contributed by atoms with E-state index in [0.717, 1.165) is 0 Å². The van der Waals surface area contributed by atoms with E-state index in [0.29, 0.717) is 11.2 Å². The van der Waals surface area contributed by atoms with Gasteiger partial charge in [0.05, 0.1) is 0 Å². The van der Waals surface area contributed by atoms with Gasteiger partial charge in [0, 0.05) is 5.33 Å². The van der Waals surface area contributed by atoms with E-state index < -0.39 is 11.5 Å². The van der Waals surface area contributed by atoms with Crippen molar-refractivity contribution < 1.29 is 9.90 Å². The number of halogens is 1. The summed E-state index contributed by atoms with van der Waals surface area (Å²) in [4.78, 5) is 26.4. The third kappa shape index (κ3) is 1.05. The van der Waals surface area contributed by atoms with Crippen molar-refractivity contribution in [1.29, 1.82) is 0 Å². The number of carboxylic acids is 1. The zero-order valence-corrected chi connectivity index (χ0v) is 8.47. The zero-order chi connectivity index (χ0) is 10.2. The number of hydrogen-bond acceptors (Lipinski definition) is 5. The van der Waals surface area contributed by atoms with Crippen LogP contribution in [0.5, 0.6) is 0 Å². The highest BCUT2D eigenvalue weighted by molar-refractivity contribution is 9.09. The Hall–Kier alpha value is -1.37. The van der Waals surface area contributed by atoms with Gasteiger partial charge < -0.3 is 5.11 Å². The lowest BCUT2D eigenvalue weighted by atomic mass is 9.94. The third-order valence-electron chi connectivity index (χ3n) is 1.98. The molecule has 1 atom stereocenters. The second-order valence-electron chi connectivity index (χ2n) is 2.72. The fourth-order valence-electron chi connectivity index (χ4n) is 1.29. The Bertz CT molecular complexity index is 412. The predicted octanol–water partition coefficient (Wildman–Crippen LogP) is 0.128. The van der Waals surface area contributed by atoms with Gasteiger partial charge in [-0.3, -0.25) is 4.99 Å². The summed E-state index contributed by atoms with van der Waals surface area (Å²) in [6, 6.07) is 0. The van der Waals surface area contributed by atoms with E-state index in [9.17, 15) is 4.79 Å². The van der Waals surface area contributed by atoms with E-state index in [4.69, 9.17) is 5.11 Å². The van der Waals surface area contributed by atoms with Gasteiger partial charge in [0.1, 0.15) is 12.7 Å². The van der Waals surface area contributed by atoms with E-state index >= 15 is 0 Å². The molecule has 0 saturated heterocycles. The second kappa shape index (κ2) is 3.09. The average Bonchev–Trinajstić information content (AvgIpc) is 2.60. The van der Waals surface area contributed by atoms with Gasteiger partial charge in [0.15, 0.2) is 17.1 Å². The number of aliphatic carboxylic acids is 1. The Morgan fingerprint density at radius 2 is 2.29 bits per heavy atom. The Kier molecular flexibility index (Phi) is 2.03. The van der Waals surface area contributed by atoms with Crippen LogP contribution in [0.1, 0.15) is 0 Å². The minimum Gasteiger partial charge on any atom is -0.477 e. The Morgan fingerprint density at radius 3 is 2.93 bits per heavy atom. The minimum absolute atomic E-state index is 0.0584. The summed E-state index contributed by atoms with van der Waals surface area (Å²) >= 11 is 3.20. The summed E-state index contributed by atoms with van der Waals surface area (Å²) < 4.78 is 0. The maximum absolute atomic E-state index is 10.9. The number of carboxylic acid groups (broad SMARTS) is 1. The summed E-state index contributed by atoms with van der Waals surface area (Å²) in [6.45, 7) is 0. The van der Waals surface area contributed by atoms with Crippen LogP contribution in [0.3, 0.4) is 0 Å². The van der Waals surface area contributed by atoms with Crippen LogP contribution in [-0.4, -0.2) is 46.2 Å². The summed E-state index contributed by atoms with van der Waals surface area (Å²) in [5.41, 5.74) is -1.10. The molecule has 0 bridgehead atoms. The standard InChI is InChI=1S/C7H5BrN4O2/c8-1-7-4(5(13)14)9-2-10-6(7)11-3-12-7/h2-3H,1H2,(H,13,14). The van der Waals surface area contributed by atoms with E-state index in [1.165, 1.54) is 12.7 Å². The average molecular weight is 257 g/mol. The molecule has 1 N–H and O–H groups in total. The van der Waals surface area contributed by atoms with Crippen LogP contribution in [0.2, 0.25) is 0 Å². The van der Waals surface area contributed by atoms with Crippen molar-refractivity contribution >= 4 is 46.1 Å². The molecule has 0 spiro atoms. The first-order valence-electron chi connectivity index (χ1n) is 3.73. The number of aliphatic imine (C=N–C) groups is 4. The van der Waals surface area contributed by atoms with Gasteiger partial charge in [-0.15, -0.1) is 0 Å². The predicted molar refractivity (Wildman–Crippen MR) is 56.0 cm³/mol. The summed E-state index contributed by atoms with van der Waals surface area (Å²) in [6.07, 6.45) is 2.48. The van der Waals surface area contributed by atoms with Crippen molar-refractivity contribution in [2.75, 3.05) is 5.33 Å². The molecule has 2 aliphatic rings. The Balaban J connectivity index is 2.55. The maximum atomic E-state index is 10.9. The molecule has 7 heteroatoms. The van der Waals surface area contributed by atoms with Crippen LogP contribution >= 0.6 is 15.9 Å². The minimum atomic E-state index is -1.11. The van der Waals surface area contributed by atoms with E-state index in [1.54, 1.807) is 0 Å². The number of nitrogens with zero attached hydrogens (tertiary/aromatic N) is 4. The number of fused-ring (bicyclic) bond motifs is 1. The molecule has 0 radical (unpaired) electrons. The second-order valence-corrected chi connectivity index (χ2v) is 3.28. The van der Waals surface area contributed by atoms with Gasteiger partial charge in [0.2, 0.25) is 0 Å². The van der Waals surface area contributed by atoms with Gasteiger partial charge in [-0.2, -0.15) is 0 Å². The van der Waals surface area contributed by atoms with Crippen LogP contribution in [0, 0.1) is 0 Å². The molecule has 0 aromatic heterocycles. The lowest BCUT2D eigenvalue weighted by molar-refractivity contribution is -0.129. The van der Waals surface area contributed by atoms with Gasteiger partial charge in [0.25, 0.3) is 0 Å². The monoisotopic (exact) mass is 256 g/mol. The molecule has 72 valence electrons. The molecule has 6 nitrogen and oxygen atoms in total. The lowest BCUT2D eigenvalue weighted by Gasteiger charge is -2.24. The molecule has 14 heavy (non-hydrogen) atoms. The normalized spacial score (nSPS) is 28.4. The van der Waals surface area contributed by atoms with Crippen LogP contribution in [0.15, 0.2) is 20.0 Å². The molecule has 0 aromatic carbocycles. The number of rotatable bonds is 2. The molecule has 0 amide bonds. The first kappa shape index (κ1) is 9.20. The van der Waals surface area contributed by atoms with Crippen molar-refractivity contribution in [3.8, 4) is 0 Å². The molecular formula is C7H5BrN4O2. The van der Waals surface area contributed by atoms with Gasteiger partial charge in [-0.1, -0.05) is 15.9 Å². The maximum Gasteiger partial charge on any atom is 0.353 e. The fraction of sp³-hybridized carbons (Fsp3) is 0.286. The van der Waals surface area contributed by atoms with E-state index in [2.05, 4.69) is 35.9 Å². The summed E-state index contributed by atoms with van der Waals surface area (Å²) in [5, 5.41) is 9.24. The van der Waals surface area contributed by atoms with Crippen molar-refractivity contribution in [2.45, 2.75) is 5.54 Å². The smallest absolute Gasteiger partial charge is 0.353 e. The SMILES string of the molecule is O=C(O)C1=NC=NC2=NC=NC21CBr. The van der Waals surface area contributed by atoms with Crippen molar-refractivity contribution in [3.63, 3.8) is 0 Å². The largest absolute Gasteiger partial charge is 0.477 e. The summed E-state index contributed by atoms with van der Waals surface area (Å²) in [7, 11) is 0. The first-order chi connectivity index (χ1) is 6.70. The molecule has 0 aliphatic carbocycles. The topological polar surface area (TPSA) is 86.7 Å². The molecule has 0 aromatic rings. The third-order valence-corrected chi connectivity index (χ3v) is 2.79. The summed E-state index contributed by atoms with van der Waals surface area (Å²) in [5.74, 6) is -0.746. The number of hydrogen-bond donors (Lipinski definition) is 1. The first-order valence-corrected chi connectivity index (χ1v) is 4.85. The highest BCUT2D eigenvalue weighted by Gasteiger charge is 2.47. The van der Waals surface area contributed by atoms with E-state index in [1.807, 2.05) is 0 Å². The molecular weight excluding hydrogens is 252 g/mol. The highest BCUT2D eigenvalue weighted by Crippen LogP contribution is 2.25. The molecule has 0 fully saturated rings. The van der Waals surface area contributed by atoms with Gasteiger partial charge in [-0.25, -0.2) is 19.8 Å². The highest BCUT2D eigenvalue weighted by atomic mass is 79.9. The molecule has 2 heterocycles. The lowest BCUT2D eigenvalue weighted by Crippen LogP contribution is -2.49. The molecule has 0 saturated carbocycles. The van der Waals surface area contributed by atoms with E-state index in [-0.39, 0.29) is 5.71 Å². The fourth-order valence-corrected chi connectivity index (χ4v) is 1.95. The van der Waals surface area contributed by atoms with Crippen LogP contribution < -0.4 is 0 Å². The number of carbonyl (C=O) groups is 1. The Morgan fingerprint density at radius 1 is 1.50 bits per heavy atom. The molecule has 2 rings (SSSR count). The molecule has 2 aliphatic heterocycles. The van der Waals surface area contributed by atoms with Gasteiger partial charge in [-0.05, 0) is 0 Å². The van der Waals surface area contributed by atoms with Crippen LogP contribution in [0.4, 0.5) is 0 Å². The van der Waals surface area contributed by atoms with Crippen molar-refractivity contribution in [1.82, 2.24) is 0 Å². The zero-order valence-electron chi connectivity index (χ0n) is 6.88. The van der Waals surface area contributed by atoms with Crippen LogP contribution in [-0.2, 0) is 4.79 Å². The quantitative estimate of drug-likeness (QED) is 0.712. The number of alkyl halides is 1. The van der Waals surface area contributed by atoms with Crippen molar-refractivity contribution in [2.24, 2.45) is 20.0 Å². The molecule has 1 unspecified atom stereocenters. The Labute approximate surface area is 87.3 Å². The number of amidine groups is 1. The van der Waals surface area contributed by atoms with Gasteiger partial charge >= 0.3 is 5.97 Å². The van der Waals surface area contributed by atoms with Crippen molar-refractivity contribution in [3.05, 3.63) is 0 Å². The van der Waals surface area contributed by atoms with Crippen LogP contribution in [0.25, 0.3) is 0 Å².